The summed E-state index contributed by atoms with van der Waals surface area (Å²) >= 11 is 0. The van der Waals surface area contributed by atoms with Crippen LogP contribution < -0.4 is 0 Å². The Morgan fingerprint density at radius 3 is 2.80 bits per heavy atom. The lowest BCUT2D eigenvalue weighted by atomic mass is 10.3. The van der Waals surface area contributed by atoms with Gasteiger partial charge in [-0.05, 0) is 26.3 Å². The Hall–Kier alpha value is -1.62. The Kier molecular flexibility index (Phi) is 4.95. The van der Waals surface area contributed by atoms with E-state index in [1.54, 1.807) is 4.68 Å². The number of aromatic nitrogens is 2. The number of hydrogen-bond donors (Lipinski definition) is 0. The van der Waals surface area contributed by atoms with Gasteiger partial charge in [0.15, 0.2) is 0 Å². The lowest BCUT2D eigenvalue weighted by molar-refractivity contribution is -0.131. The highest BCUT2D eigenvalue weighted by Gasteiger charge is 2.19. The van der Waals surface area contributed by atoms with Crippen molar-refractivity contribution in [1.82, 2.24) is 19.6 Å². The van der Waals surface area contributed by atoms with Crippen LogP contribution in [0.3, 0.4) is 0 Å². The fourth-order valence-corrected chi connectivity index (χ4v) is 2.65. The van der Waals surface area contributed by atoms with Gasteiger partial charge >= 0.3 is 0 Å². The van der Waals surface area contributed by atoms with Crippen LogP contribution in [0.1, 0.15) is 17.8 Å². The first-order chi connectivity index (χ1) is 9.60. The quantitative estimate of drug-likeness (QED) is 0.777. The van der Waals surface area contributed by atoms with Gasteiger partial charge in [-0.3, -0.25) is 14.4 Å². The van der Waals surface area contributed by atoms with Crippen LogP contribution >= 0.6 is 0 Å². The van der Waals surface area contributed by atoms with Crippen LogP contribution in [0.5, 0.6) is 0 Å². The maximum atomic E-state index is 12.4. The molecule has 0 unspecified atom stereocenters. The van der Waals surface area contributed by atoms with Gasteiger partial charge in [0.25, 0.3) is 0 Å². The standard InChI is InChI=1S/C15H24N4O/c1-4-6-17-7-5-8-18(10-9-17)15(20)12-19-14(3)11-13(2)16-19/h4,11H,1,5-10,12H2,2-3H3. The average Bonchev–Trinajstić information content (AvgIpc) is 2.62. The zero-order valence-corrected chi connectivity index (χ0v) is 12.5. The molecule has 1 aromatic heterocycles. The first-order valence-electron chi connectivity index (χ1n) is 7.22. The summed E-state index contributed by atoms with van der Waals surface area (Å²) in [6.45, 7) is 12.6. The molecule has 1 aliphatic heterocycles. The van der Waals surface area contributed by atoms with Crippen molar-refractivity contribution in [1.29, 1.82) is 0 Å². The minimum Gasteiger partial charge on any atom is -0.340 e. The van der Waals surface area contributed by atoms with Crippen LogP contribution in [0.15, 0.2) is 18.7 Å². The van der Waals surface area contributed by atoms with Crippen molar-refractivity contribution in [2.75, 3.05) is 32.7 Å². The number of rotatable bonds is 4. The summed E-state index contributed by atoms with van der Waals surface area (Å²) in [6.07, 6.45) is 2.95. The van der Waals surface area contributed by atoms with Crippen molar-refractivity contribution in [2.24, 2.45) is 0 Å². The summed E-state index contributed by atoms with van der Waals surface area (Å²) in [6, 6.07) is 2.00. The Balaban J connectivity index is 1.92. The summed E-state index contributed by atoms with van der Waals surface area (Å²) in [5, 5.41) is 4.36. The van der Waals surface area contributed by atoms with Crippen molar-refractivity contribution in [3.63, 3.8) is 0 Å². The molecule has 0 aromatic carbocycles. The van der Waals surface area contributed by atoms with Crippen molar-refractivity contribution < 1.29 is 4.79 Å². The molecule has 0 N–H and O–H groups in total. The second-order valence-electron chi connectivity index (χ2n) is 5.41. The highest BCUT2D eigenvalue weighted by atomic mass is 16.2. The van der Waals surface area contributed by atoms with Crippen molar-refractivity contribution in [3.8, 4) is 0 Å². The fraction of sp³-hybridized carbons (Fsp3) is 0.600. The van der Waals surface area contributed by atoms with Crippen LogP contribution in [-0.4, -0.2) is 58.2 Å². The molecular formula is C15H24N4O. The summed E-state index contributed by atoms with van der Waals surface area (Å²) in [7, 11) is 0. The van der Waals surface area contributed by atoms with Crippen molar-refractivity contribution >= 4 is 5.91 Å². The molecule has 1 amide bonds. The monoisotopic (exact) mass is 276 g/mol. The molecule has 1 fully saturated rings. The molecule has 1 aliphatic rings. The zero-order chi connectivity index (χ0) is 14.5. The Bertz CT molecular complexity index is 480. The van der Waals surface area contributed by atoms with Gasteiger partial charge in [0, 0.05) is 38.4 Å². The van der Waals surface area contributed by atoms with Gasteiger partial charge in [-0.15, -0.1) is 6.58 Å². The van der Waals surface area contributed by atoms with E-state index in [-0.39, 0.29) is 5.91 Å². The molecule has 110 valence electrons. The predicted molar refractivity (Wildman–Crippen MR) is 79.5 cm³/mol. The van der Waals surface area contributed by atoms with Crippen molar-refractivity contribution in [3.05, 3.63) is 30.1 Å². The van der Waals surface area contributed by atoms with E-state index in [4.69, 9.17) is 0 Å². The summed E-state index contributed by atoms with van der Waals surface area (Å²) in [5.74, 6) is 0.164. The minimum absolute atomic E-state index is 0.164. The molecule has 0 radical (unpaired) electrons. The van der Waals surface area contributed by atoms with Crippen LogP contribution in [-0.2, 0) is 11.3 Å². The van der Waals surface area contributed by atoms with Gasteiger partial charge in [-0.1, -0.05) is 6.08 Å². The van der Waals surface area contributed by atoms with Crippen LogP contribution in [0, 0.1) is 13.8 Å². The number of hydrogen-bond acceptors (Lipinski definition) is 3. The third kappa shape index (κ3) is 3.70. The molecule has 0 aliphatic carbocycles. The van der Waals surface area contributed by atoms with E-state index in [0.29, 0.717) is 6.54 Å². The Labute approximate surface area is 120 Å². The molecule has 2 heterocycles. The number of amides is 1. The van der Waals surface area contributed by atoms with Crippen LogP contribution in [0.25, 0.3) is 0 Å². The number of carbonyl (C=O) groups is 1. The summed E-state index contributed by atoms with van der Waals surface area (Å²) in [4.78, 5) is 16.7. The maximum absolute atomic E-state index is 12.4. The Morgan fingerprint density at radius 1 is 1.35 bits per heavy atom. The second kappa shape index (κ2) is 6.70. The molecule has 20 heavy (non-hydrogen) atoms. The molecule has 5 heteroatoms. The van der Waals surface area contributed by atoms with E-state index in [1.807, 2.05) is 30.9 Å². The molecule has 5 nitrogen and oxygen atoms in total. The van der Waals surface area contributed by atoms with Crippen LogP contribution in [0.4, 0.5) is 0 Å². The lowest BCUT2D eigenvalue weighted by Crippen LogP contribution is -2.37. The molecule has 2 rings (SSSR count). The van der Waals surface area contributed by atoms with Crippen molar-refractivity contribution in [2.45, 2.75) is 26.8 Å². The smallest absolute Gasteiger partial charge is 0.244 e. The van der Waals surface area contributed by atoms with Crippen LogP contribution in [0.2, 0.25) is 0 Å². The van der Waals surface area contributed by atoms with Gasteiger partial charge in [0.2, 0.25) is 5.91 Å². The highest BCUT2D eigenvalue weighted by Crippen LogP contribution is 2.06. The van der Waals surface area contributed by atoms with E-state index in [1.165, 1.54) is 0 Å². The molecule has 1 saturated heterocycles. The second-order valence-corrected chi connectivity index (χ2v) is 5.41. The SMILES string of the molecule is C=CCN1CCCN(C(=O)Cn2nc(C)cc2C)CC1. The topological polar surface area (TPSA) is 41.4 Å². The van der Waals surface area contributed by atoms with E-state index < -0.39 is 0 Å². The predicted octanol–water partition coefficient (Wildman–Crippen LogP) is 1.22. The van der Waals surface area contributed by atoms with Gasteiger partial charge in [-0.25, -0.2) is 0 Å². The number of carbonyl (C=O) groups excluding carboxylic acids is 1. The first kappa shape index (κ1) is 14.8. The lowest BCUT2D eigenvalue weighted by Gasteiger charge is -2.21. The van der Waals surface area contributed by atoms with Gasteiger partial charge in [0.1, 0.15) is 6.54 Å². The van der Waals surface area contributed by atoms with E-state index in [2.05, 4.69) is 16.6 Å². The van der Waals surface area contributed by atoms with Gasteiger partial charge in [-0.2, -0.15) is 5.10 Å². The van der Waals surface area contributed by atoms with Gasteiger partial charge in [0.05, 0.1) is 5.69 Å². The molecule has 0 spiro atoms. The highest BCUT2D eigenvalue weighted by molar-refractivity contribution is 5.76. The van der Waals surface area contributed by atoms with Gasteiger partial charge < -0.3 is 4.90 Å². The number of nitrogens with zero attached hydrogens (tertiary/aromatic N) is 4. The molecule has 0 bridgehead atoms. The molecule has 0 saturated carbocycles. The van der Waals surface area contributed by atoms with E-state index in [0.717, 1.165) is 50.5 Å². The van der Waals surface area contributed by atoms with E-state index in [9.17, 15) is 4.79 Å². The largest absolute Gasteiger partial charge is 0.340 e. The number of aryl methyl sites for hydroxylation is 2. The average molecular weight is 276 g/mol. The minimum atomic E-state index is 0.164. The fourth-order valence-electron chi connectivity index (χ4n) is 2.65. The molecular weight excluding hydrogens is 252 g/mol. The maximum Gasteiger partial charge on any atom is 0.244 e. The zero-order valence-electron chi connectivity index (χ0n) is 12.5. The summed E-state index contributed by atoms with van der Waals surface area (Å²) in [5.41, 5.74) is 2.00. The Morgan fingerprint density at radius 2 is 2.15 bits per heavy atom. The third-order valence-corrected chi connectivity index (χ3v) is 3.72. The normalized spacial score (nSPS) is 17.0. The summed E-state index contributed by atoms with van der Waals surface area (Å²) < 4.78 is 1.80. The molecule has 0 atom stereocenters. The van der Waals surface area contributed by atoms with E-state index >= 15 is 0 Å². The first-order valence-corrected chi connectivity index (χ1v) is 7.22. The molecule has 1 aromatic rings. The third-order valence-electron chi connectivity index (χ3n) is 3.72.